The highest BCUT2D eigenvalue weighted by atomic mass is 16.4. The van der Waals surface area contributed by atoms with E-state index >= 15 is 0 Å². The predicted octanol–water partition coefficient (Wildman–Crippen LogP) is 7.42. The summed E-state index contributed by atoms with van der Waals surface area (Å²) in [5, 5.41) is 20.2. The van der Waals surface area contributed by atoms with E-state index in [2.05, 4.69) is 46.8 Å². The van der Waals surface area contributed by atoms with Crippen LogP contribution in [0.5, 0.6) is 0 Å². The van der Waals surface area contributed by atoms with Crippen LogP contribution in [0.3, 0.4) is 0 Å². The molecule has 1 unspecified atom stereocenters. The van der Waals surface area contributed by atoms with Gasteiger partial charge in [0.1, 0.15) is 5.78 Å². The monoisotopic (exact) mass is 472 g/mol. The second-order valence-electron chi connectivity index (χ2n) is 12.1. The first-order valence-corrected chi connectivity index (χ1v) is 13.2. The Morgan fingerprint density at radius 1 is 0.941 bits per heavy atom. The van der Waals surface area contributed by atoms with Gasteiger partial charge in [-0.1, -0.05) is 50.1 Å². The van der Waals surface area contributed by atoms with E-state index in [9.17, 15) is 14.7 Å². The molecule has 0 radical (unpaired) electrons. The number of ketones is 1. The lowest BCUT2D eigenvalue weighted by atomic mass is 9.45. The van der Waals surface area contributed by atoms with Gasteiger partial charge >= 0.3 is 5.97 Å². The Morgan fingerprint density at radius 3 is 2.09 bits per heavy atom. The predicted molar refractivity (Wildman–Crippen MR) is 140 cm³/mol. The third kappa shape index (κ3) is 6.71. The van der Waals surface area contributed by atoms with Crippen LogP contribution in [0.15, 0.2) is 34.9 Å². The SMILES string of the molecule is C/C(=C\CC/C(C)=C/CC[C@@H]1[C@@]2(C)CCC(=O)C(C)(C)C2CC[C@@]1(C)O)CC/C=C(\C)C(=O)O. The number of aliphatic carboxylic acids is 1. The van der Waals surface area contributed by atoms with Crippen LogP contribution < -0.4 is 0 Å². The van der Waals surface area contributed by atoms with Crippen LogP contribution >= 0.6 is 0 Å². The normalized spacial score (nSPS) is 32.5. The van der Waals surface area contributed by atoms with Crippen molar-refractivity contribution in [3.8, 4) is 0 Å². The van der Waals surface area contributed by atoms with Gasteiger partial charge in [-0.05, 0) is 103 Å². The molecule has 0 heterocycles. The molecule has 192 valence electrons. The molecule has 0 aromatic carbocycles. The molecule has 2 rings (SSSR count). The van der Waals surface area contributed by atoms with E-state index in [1.807, 2.05) is 6.92 Å². The second-order valence-corrected chi connectivity index (χ2v) is 12.1. The number of aliphatic hydroxyl groups is 1. The van der Waals surface area contributed by atoms with Crippen LogP contribution in [-0.2, 0) is 9.59 Å². The van der Waals surface area contributed by atoms with Gasteiger partial charge < -0.3 is 10.2 Å². The van der Waals surface area contributed by atoms with E-state index in [1.165, 1.54) is 11.1 Å². The number of carbonyl (C=O) groups is 2. The summed E-state index contributed by atoms with van der Waals surface area (Å²) in [6.45, 7) is 14.5. The number of hydrogen-bond acceptors (Lipinski definition) is 3. The van der Waals surface area contributed by atoms with E-state index in [1.54, 1.807) is 13.0 Å². The molecule has 4 heteroatoms. The minimum absolute atomic E-state index is 0.00813. The number of carboxylic acid groups (broad SMARTS) is 1. The zero-order valence-corrected chi connectivity index (χ0v) is 22.7. The maximum absolute atomic E-state index is 12.6. The van der Waals surface area contributed by atoms with E-state index in [-0.39, 0.29) is 16.7 Å². The first-order valence-electron chi connectivity index (χ1n) is 13.2. The highest BCUT2D eigenvalue weighted by molar-refractivity contribution is 5.86. The molecule has 0 aliphatic heterocycles. The number of carboxylic acids is 1. The smallest absolute Gasteiger partial charge is 0.330 e. The molecule has 4 atom stereocenters. The third-order valence-electron chi connectivity index (χ3n) is 9.07. The lowest BCUT2D eigenvalue weighted by molar-refractivity contribution is -0.177. The van der Waals surface area contributed by atoms with Crippen molar-refractivity contribution in [3.63, 3.8) is 0 Å². The van der Waals surface area contributed by atoms with Crippen molar-refractivity contribution in [2.24, 2.45) is 22.7 Å². The molecule has 34 heavy (non-hydrogen) atoms. The van der Waals surface area contributed by atoms with Crippen LogP contribution in [0.2, 0.25) is 0 Å². The zero-order valence-electron chi connectivity index (χ0n) is 22.7. The van der Waals surface area contributed by atoms with Crippen molar-refractivity contribution in [1.82, 2.24) is 0 Å². The molecule has 0 bridgehead atoms. The van der Waals surface area contributed by atoms with E-state index in [4.69, 9.17) is 5.11 Å². The number of Topliss-reactive ketones (excluding diaryl/α,β-unsaturated/α-hetero) is 1. The number of hydrogen-bond donors (Lipinski definition) is 2. The topological polar surface area (TPSA) is 74.6 Å². The lowest BCUT2D eigenvalue weighted by Gasteiger charge is -2.60. The van der Waals surface area contributed by atoms with Gasteiger partial charge in [0.15, 0.2) is 0 Å². The van der Waals surface area contributed by atoms with Gasteiger partial charge in [0.2, 0.25) is 0 Å². The van der Waals surface area contributed by atoms with Crippen molar-refractivity contribution < 1.29 is 19.8 Å². The summed E-state index contributed by atoms with van der Waals surface area (Å²) >= 11 is 0. The molecule has 2 fully saturated rings. The Morgan fingerprint density at radius 2 is 1.50 bits per heavy atom. The van der Waals surface area contributed by atoms with Crippen LogP contribution in [0, 0.1) is 22.7 Å². The van der Waals surface area contributed by atoms with Gasteiger partial charge in [-0.25, -0.2) is 4.79 Å². The molecule has 2 saturated carbocycles. The van der Waals surface area contributed by atoms with Crippen molar-refractivity contribution in [2.75, 3.05) is 0 Å². The number of fused-ring (bicyclic) bond motifs is 1. The Labute approximate surface area is 207 Å². The van der Waals surface area contributed by atoms with Crippen LogP contribution in [0.25, 0.3) is 0 Å². The van der Waals surface area contributed by atoms with Gasteiger partial charge in [-0.3, -0.25) is 4.79 Å². The Hall–Kier alpha value is -1.68. The van der Waals surface area contributed by atoms with E-state index < -0.39 is 11.6 Å². The summed E-state index contributed by atoms with van der Waals surface area (Å²) in [5.41, 5.74) is 2.13. The first kappa shape index (κ1) is 28.6. The van der Waals surface area contributed by atoms with Crippen LogP contribution in [-0.4, -0.2) is 27.6 Å². The molecule has 2 N–H and O–H groups in total. The van der Waals surface area contributed by atoms with Gasteiger partial charge in [0.05, 0.1) is 5.60 Å². The summed E-state index contributed by atoms with van der Waals surface area (Å²) < 4.78 is 0. The molecule has 0 amide bonds. The largest absolute Gasteiger partial charge is 0.478 e. The molecular formula is C30H48O4. The summed E-state index contributed by atoms with van der Waals surface area (Å²) in [6.07, 6.45) is 15.2. The molecular weight excluding hydrogens is 424 g/mol. The Kier molecular flexibility index (Phi) is 9.55. The highest BCUT2D eigenvalue weighted by Gasteiger charge is 2.59. The number of rotatable bonds is 10. The van der Waals surface area contributed by atoms with Crippen molar-refractivity contribution >= 4 is 11.8 Å². The minimum atomic E-state index is -0.845. The fourth-order valence-corrected chi connectivity index (χ4v) is 6.82. The van der Waals surface area contributed by atoms with Gasteiger partial charge in [-0.2, -0.15) is 0 Å². The highest BCUT2D eigenvalue weighted by Crippen LogP contribution is 2.62. The van der Waals surface area contributed by atoms with E-state index in [0.29, 0.717) is 23.7 Å². The molecule has 0 aromatic heterocycles. The molecule has 0 spiro atoms. The first-order chi connectivity index (χ1) is 15.7. The maximum Gasteiger partial charge on any atom is 0.330 e. The lowest BCUT2D eigenvalue weighted by Crippen LogP contribution is -2.59. The third-order valence-corrected chi connectivity index (χ3v) is 9.07. The standard InChI is InChI=1S/C30H48O4/c1-21(13-9-15-23(3)27(32)33)11-8-12-22(2)14-10-16-25-29(6)19-18-26(31)28(4,5)24(29)17-20-30(25,7)34/h11,14-15,24-25,34H,8-10,12-13,16-20H2,1-7H3,(H,32,33)/b21-11+,22-14+,23-15+/t24?,25-,29+,30-/m1/s1. The quantitative estimate of drug-likeness (QED) is 0.256. The van der Waals surface area contributed by atoms with Gasteiger partial charge in [0.25, 0.3) is 0 Å². The summed E-state index contributed by atoms with van der Waals surface area (Å²) in [5.74, 6) is 0.100. The molecule has 4 nitrogen and oxygen atoms in total. The number of carbonyl (C=O) groups excluding carboxylic acids is 1. The Bertz CT molecular complexity index is 842. The van der Waals surface area contributed by atoms with Crippen molar-refractivity contribution in [1.29, 1.82) is 0 Å². The summed E-state index contributed by atoms with van der Waals surface area (Å²) in [6, 6.07) is 0. The maximum atomic E-state index is 12.6. The average Bonchev–Trinajstić information content (AvgIpc) is 2.72. The van der Waals surface area contributed by atoms with Gasteiger partial charge in [-0.15, -0.1) is 0 Å². The van der Waals surface area contributed by atoms with E-state index in [0.717, 1.165) is 57.8 Å². The second kappa shape index (κ2) is 11.4. The van der Waals surface area contributed by atoms with Gasteiger partial charge in [0, 0.05) is 17.4 Å². The summed E-state index contributed by atoms with van der Waals surface area (Å²) in [4.78, 5) is 23.5. The van der Waals surface area contributed by atoms with Crippen molar-refractivity contribution in [2.45, 2.75) is 118 Å². The average molecular weight is 473 g/mol. The fourth-order valence-electron chi connectivity index (χ4n) is 6.82. The van der Waals surface area contributed by atoms with Crippen LogP contribution in [0.4, 0.5) is 0 Å². The Balaban J connectivity index is 1.92. The van der Waals surface area contributed by atoms with Crippen LogP contribution in [0.1, 0.15) is 113 Å². The molecule has 2 aliphatic carbocycles. The zero-order chi connectivity index (χ0) is 25.7. The molecule has 0 aromatic rings. The van der Waals surface area contributed by atoms with Crippen molar-refractivity contribution in [3.05, 3.63) is 34.9 Å². The fraction of sp³-hybridized carbons (Fsp3) is 0.733. The number of allylic oxidation sites excluding steroid dienone is 5. The molecule has 0 saturated heterocycles. The minimum Gasteiger partial charge on any atom is -0.478 e. The summed E-state index contributed by atoms with van der Waals surface area (Å²) in [7, 11) is 0. The molecule has 2 aliphatic rings.